The van der Waals surface area contributed by atoms with Crippen LogP contribution in [0.3, 0.4) is 0 Å². The Morgan fingerprint density at radius 3 is 2.67 bits per heavy atom. The molecule has 1 saturated heterocycles. The molecule has 154 valence electrons. The van der Waals surface area contributed by atoms with Crippen molar-refractivity contribution in [3.8, 4) is 0 Å². The number of ether oxygens (including phenoxy) is 1. The van der Waals surface area contributed by atoms with Crippen LogP contribution in [0.4, 0.5) is 17.5 Å². The van der Waals surface area contributed by atoms with Crippen LogP contribution in [0.15, 0.2) is 48.9 Å². The summed E-state index contributed by atoms with van der Waals surface area (Å²) in [7, 11) is 0. The van der Waals surface area contributed by atoms with Gasteiger partial charge in [0.05, 0.1) is 25.5 Å². The third-order valence-corrected chi connectivity index (χ3v) is 4.67. The van der Waals surface area contributed by atoms with Gasteiger partial charge in [-0.25, -0.2) is 15.0 Å². The van der Waals surface area contributed by atoms with Crippen LogP contribution in [-0.2, 0) is 11.3 Å². The van der Waals surface area contributed by atoms with E-state index < -0.39 is 0 Å². The smallest absolute Gasteiger partial charge is 0.270 e. The minimum Gasteiger partial charge on any atom is -0.378 e. The minimum atomic E-state index is -0.295. The van der Waals surface area contributed by atoms with Gasteiger partial charge in [0.25, 0.3) is 5.91 Å². The molecule has 0 atom stereocenters. The summed E-state index contributed by atoms with van der Waals surface area (Å²) in [5.41, 5.74) is 1.82. The van der Waals surface area contributed by atoms with Crippen molar-refractivity contribution in [2.45, 2.75) is 6.54 Å². The number of nitrogens with zero attached hydrogens (tertiary/aromatic N) is 5. The number of hydrogen-bond acceptors (Lipinski definition) is 8. The molecule has 9 nitrogen and oxygen atoms in total. The van der Waals surface area contributed by atoms with Crippen molar-refractivity contribution in [1.82, 2.24) is 25.3 Å². The third kappa shape index (κ3) is 5.19. The van der Waals surface area contributed by atoms with Gasteiger partial charge in [0.2, 0.25) is 5.95 Å². The molecule has 1 aliphatic heterocycles. The Kier molecular flexibility index (Phi) is 6.31. The fourth-order valence-corrected chi connectivity index (χ4v) is 3.04. The first-order chi connectivity index (χ1) is 14.7. The Bertz CT molecular complexity index is 996. The third-order valence-electron chi connectivity index (χ3n) is 4.42. The van der Waals surface area contributed by atoms with Gasteiger partial charge in [0, 0.05) is 36.1 Å². The maximum atomic E-state index is 12.3. The van der Waals surface area contributed by atoms with E-state index in [9.17, 15) is 4.79 Å². The van der Waals surface area contributed by atoms with E-state index in [4.69, 9.17) is 16.3 Å². The quantitative estimate of drug-likeness (QED) is 0.620. The fraction of sp³-hybridized carbons (Fsp3) is 0.250. The zero-order valence-electron chi connectivity index (χ0n) is 16.1. The first-order valence-corrected chi connectivity index (χ1v) is 9.82. The van der Waals surface area contributed by atoms with Crippen LogP contribution in [-0.4, -0.2) is 52.1 Å². The molecule has 1 aliphatic rings. The van der Waals surface area contributed by atoms with Crippen LogP contribution in [0.5, 0.6) is 0 Å². The van der Waals surface area contributed by atoms with Crippen molar-refractivity contribution in [3.63, 3.8) is 0 Å². The Morgan fingerprint density at radius 2 is 1.93 bits per heavy atom. The second kappa shape index (κ2) is 9.47. The van der Waals surface area contributed by atoms with Gasteiger partial charge in [-0.05, 0) is 30.3 Å². The van der Waals surface area contributed by atoms with Crippen molar-refractivity contribution in [1.29, 1.82) is 0 Å². The van der Waals surface area contributed by atoms with Gasteiger partial charge in [-0.2, -0.15) is 4.98 Å². The number of carbonyl (C=O) groups excluding carboxylic acids is 1. The number of aromatic nitrogens is 4. The number of halogens is 1. The summed E-state index contributed by atoms with van der Waals surface area (Å²) in [5, 5.41) is 6.76. The molecule has 4 rings (SSSR count). The lowest BCUT2D eigenvalue weighted by Gasteiger charge is -2.27. The summed E-state index contributed by atoms with van der Waals surface area (Å²) in [6.07, 6.45) is 2.86. The van der Waals surface area contributed by atoms with E-state index in [0.29, 0.717) is 54.5 Å². The Hall–Kier alpha value is -3.30. The molecule has 0 unspecified atom stereocenters. The SMILES string of the molecule is O=C(NCc1cc(Nc2ccc(Cl)cc2)nc(N2CCOCC2)n1)c1ccncn1. The summed E-state index contributed by atoms with van der Waals surface area (Å²) in [4.78, 5) is 31.4. The second-order valence-corrected chi connectivity index (χ2v) is 6.99. The molecule has 0 bridgehead atoms. The summed E-state index contributed by atoms with van der Waals surface area (Å²) < 4.78 is 5.42. The van der Waals surface area contributed by atoms with Gasteiger partial charge in [0.1, 0.15) is 17.8 Å². The van der Waals surface area contributed by atoms with Crippen LogP contribution in [0.25, 0.3) is 0 Å². The van der Waals surface area contributed by atoms with Crippen molar-refractivity contribution in [2.24, 2.45) is 0 Å². The number of hydrogen-bond donors (Lipinski definition) is 2. The van der Waals surface area contributed by atoms with Gasteiger partial charge >= 0.3 is 0 Å². The molecule has 0 radical (unpaired) electrons. The number of rotatable bonds is 6. The van der Waals surface area contributed by atoms with Gasteiger partial charge in [-0.15, -0.1) is 0 Å². The van der Waals surface area contributed by atoms with Crippen molar-refractivity contribution >= 4 is 35.0 Å². The molecule has 3 heterocycles. The molecular weight excluding hydrogens is 406 g/mol. The zero-order valence-corrected chi connectivity index (χ0v) is 16.8. The number of nitrogens with one attached hydrogen (secondary N) is 2. The van der Waals surface area contributed by atoms with Gasteiger partial charge < -0.3 is 20.3 Å². The lowest BCUT2D eigenvalue weighted by molar-refractivity contribution is 0.0945. The first kappa shape index (κ1) is 20.0. The lowest BCUT2D eigenvalue weighted by atomic mass is 10.3. The number of benzene rings is 1. The van der Waals surface area contributed by atoms with E-state index in [0.717, 1.165) is 5.69 Å². The maximum Gasteiger partial charge on any atom is 0.270 e. The number of amides is 1. The zero-order chi connectivity index (χ0) is 20.8. The van der Waals surface area contributed by atoms with Gasteiger partial charge in [-0.3, -0.25) is 4.79 Å². The number of morpholine rings is 1. The van der Waals surface area contributed by atoms with E-state index in [1.165, 1.54) is 12.5 Å². The maximum absolute atomic E-state index is 12.3. The average molecular weight is 426 g/mol. The van der Waals surface area contributed by atoms with E-state index in [-0.39, 0.29) is 12.5 Å². The van der Waals surface area contributed by atoms with Crippen molar-refractivity contribution in [3.05, 3.63) is 65.3 Å². The predicted molar refractivity (Wildman–Crippen MR) is 113 cm³/mol. The Balaban J connectivity index is 1.54. The molecule has 2 aromatic heterocycles. The number of carbonyl (C=O) groups is 1. The highest BCUT2D eigenvalue weighted by Crippen LogP contribution is 2.21. The molecule has 10 heteroatoms. The van der Waals surface area contributed by atoms with Crippen LogP contribution < -0.4 is 15.5 Å². The first-order valence-electron chi connectivity index (χ1n) is 9.45. The Morgan fingerprint density at radius 1 is 1.13 bits per heavy atom. The monoisotopic (exact) mass is 425 g/mol. The van der Waals surface area contributed by atoms with Crippen molar-refractivity contribution in [2.75, 3.05) is 36.5 Å². The molecule has 30 heavy (non-hydrogen) atoms. The Labute approximate surface area is 178 Å². The summed E-state index contributed by atoms with van der Waals surface area (Å²) >= 11 is 5.97. The molecule has 1 fully saturated rings. The predicted octanol–water partition coefficient (Wildman–Crippen LogP) is 2.43. The highest BCUT2D eigenvalue weighted by atomic mass is 35.5. The molecular formula is C20H20ClN7O2. The van der Waals surface area contributed by atoms with Gasteiger partial charge in [-0.1, -0.05) is 11.6 Å². The average Bonchev–Trinajstić information content (AvgIpc) is 2.80. The molecule has 1 aromatic carbocycles. The number of anilines is 3. The summed E-state index contributed by atoms with van der Waals surface area (Å²) in [6, 6.07) is 10.7. The van der Waals surface area contributed by atoms with E-state index in [1.54, 1.807) is 24.3 Å². The molecule has 0 spiro atoms. The topological polar surface area (TPSA) is 105 Å². The standard InChI is InChI=1S/C20H20ClN7O2/c21-14-1-3-15(4-2-14)25-18-11-16(12-23-19(29)17-5-6-22-13-24-17)26-20(27-18)28-7-9-30-10-8-28/h1-6,11,13H,7-10,12H2,(H,23,29)(H,25,26,27). The van der Waals surface area contributed by atoms with Crippen LogP contribution in [0, 0.1) is 0 Å². The summed E-state index contributed by atoms with van der Waals surface area (Å²) in [6.45, 7) is 2.89. The normalized spacial score (nSPS) is 13.7. The van der Waals surface area contributed by atoms with E-state index in [2.05, 4.69) is 35.5 Å². The molecule has 1 amide bonds. The van der Waals surface area contributed by atoms with E-state index in [1.807, 2.05) is 12.1 Å². The molecule has 0 aliphatic carbocycles. The van der Waals surface area contributed by atoms with Crippen LogP contribution in [0.1, 0.15) is 16.2 Å². The molecule has 0 saturated carbocycles. The lowest BCUT2D eigenvalue weighted by Crippen LogP contribution is -2.37. The summed E-state index contributed by atoms with van der Waals surface area (Å²) in [5.74, 6) is 0.916. The molecule has 2 N–H and O–H groups in total. The van der Waals surface area contributed by atoms with E-state index >= 15 is 0 Å². The van der Waals surface area contributed by atoms with Gasteiger partial charge in [0.15, 0.2) is 0 Å². The molecule has 3 aromatic rings. The minimum absolute atomic E-state index is 0.234. The largest absolute Gasteiger partial charge is 0.378 e. The van der Waals surface area contributed by atoms with Crippen molar-refractivity contribution < 1.29 is 9.53 Å². The van der Waals surface area contributed by atoms with Crippen LogP contribution >= 0.6 is 11.6 Å². The van der Waals surface area contributed by atoms with Crippen LogP contribution in [0.2, 0.25) is 5.02 Å². The fourth-order valence-electron chi connectivity index (χ4n) is 2.91. The highest BCUT2D eigenvalue weighted by molar-refractivity contribution is 6.30. The second-order valence-electron chi connectivity index (χ2n) is 6.55. The highest BCUT2D eigenvalue weighted by Gasteiger charge is 2.16.